The van der Waals surface area contributed by atoms with Crippen LogP contribution < -0.4 is 0 Å². The van der Waals surface area contributed by atoms with E-state index in [2.05, 4.69) is 0 Å². The number of halogens is 1. The third-order valence-corrected chi connectivity index (χ3v) is 6.50. The number of hydrogen-bond acceptors (Lipinski definition) is 5. The van der Waals surface area contributed by atoms with E-state index in [9.17, 15) is 21.6 Å². The van der Waals surface area contributed by atoms with Crippen LogP contribution in [0, 0.1) is 0 Å². The van der Waals surface area contributed by atoms with Gasteiger partial charge in [0.2, 0.25) is 0 Å². The molecule has 0 N–H and O–H groups in total. The zero-order valence-electron chi connectivity index (χ0n) is 11.6. The van der Waals surface area contributed by atoms with Gasteiger partial charge in [0, 0.05) is 11.8 Å². The van der Waals surface area contributed by atoms with Gasteiger partial charge < -0.3 is 0 Å². The Morgan fingerprint density at radius 1 is 1.33 bits per heavy atom. The summed E-state index contributed by atoms with van der Waals surface area (Å²) in [4.78, 5) is 11.3. The SMILES string of the molecule is CCc1cc(C2([SH](=O)=O)CC2)c(S(C)(=O)=O)cc1C(=O)Cl. The van der Waals surface area contributed by atoms with Crippen LogP contribution >= 0.6 is 11.6 Å². The van der Waals surface area contributed by atoms with Crippen LogP contribution in [-0.4, -0.2) is 28.3 Å². The molecule has 5 nitrogen and oxygen atoms in total. The number of aryl methyl sites for hydroxylation is 1. The molecule has 116 valence electrons. The molecule has 0 aromatic heterocycles. The highest BCUT2D eigenvalue weighted by Gasteiger charge is 2.50. The van der Waals surface area contributed by atoms with Gasteiger partial charge in [0.15, 0.2) is 9.84 Å². The van der Waals surface area contributed by atoms with Crippen molar-refractivity contribution in [3.63, 3.8) is 0 Å². The summed E-state index contributed by atoms with van der Waals surface area (Å²) in [5.74, 6) is 0. The first-order chi connectivity index (χ1) is 9.63. The van der Waals surface area contributed by atoms with E-state index in [0.29, 0.717) is 24.8 Å². The van der Waals surface area contributed by atoms with E-state index in [1.165, 1.54) is 12.1 Å². The molecule has 0 heterocycles. The molecule has 8 heteroatoms. The number of carbonyl (C=O) groups excluding carboxylic acids is 1. The van der Waals surface area contributed by atoms with Gasteiger partial charge in [-0.1, -0.05) is 13.0 Å². The van der Waals surface area contributed by atoms with Crippen molar-refractivity contribution in [3.8, 4) is 0 Å². The maximum atomic E-state index is 12.0. The van der Waals surface area contributed by atoms with Gasteiger partial charge in [0.25, 0.3) is 5.24 Å². The Kier molecular flexibility index (Phi) is 4.21. The molecule has 21 heavy (non-hydrogen) atoms. The van der Waals surface area contributed by atoms with Gasteiger partial charge >= 0.3 is 0 Å². The summed E-state index contributed by atoms with van der Waals surface area (Å²) in [6, 6.07) is 2.71. The number of carbonyl (C=O) groups is 1. The summed E-state index contributed by atoms with van der Waals surface area (Å²) < 4.78 is 45.9. The first-order valence-corrected chi connectivity index (χ1v) is 9.80. The van der Waals surface area contributed by atoms with E-state index in [0.717, 1.165) is 6.26 Å². The van der Waals surface area contributed by atoms with Gasteiger partial charge in [-0.2, -0.15) is 0 Å². The first-order valence-electron chi connectivity index (χ1n) is 6.35. The van der Waals surface area contributed by atoms with Crippen LogP contribution in [0.4, 0.5) is 0 Å². The Morgan fingerprint density at radius 3 is 2.24 bits per heavy atom. The van der Waals surface area contributed by atoms with Crippen molar-refractivity contribution >= 4 is 37.4 Å². The predicted molar refractivity (Wildman–Crippen MR) is 80.3 cm³/mol. The summed E-state index contributed by atoms with van der Waals surface area (Å²) in [5.41, 5.74) is 0.931. The molecule has 0 atom stereocenters. The second-order valence-corrected chi connectivity index (χ2v) is 8.89. The topological polar surface area (TPSA) is 85.3 Å². The fourth-order valence-electron chi connectivity index (χ4n) is 2.44. The number of benzene rings is 1. The number of hydrogen-bond donors (Lipinski definition) is 1. The second kappa shape index (κ2) is 5.37. The maximum absolute atomic E-state index is 12.0. The van der Waals surface area contributed by atoms with E-state index in [-0.39, 0.29) is 16.0 Å². The summed E-state index contributed by atoms with van der Waals surface area (Å²) in [5, 5.41) is -0.750. The number of thiol groups is 1. The molecule has 1 aliphatic rings. The molecule has 1 aromatic rings. The first kappa shape index (κ1) is 16.5. The Hall–Kier alpha value is -0.920. The summed E-state index contributed by atoms with van der Waals surface area (Å²) in [7, 11) is -6.47. The van der Waals surface area contributed by atoms with Crippen molar-refractivity contribution < 1.29 is 21.6 Å². The lowest BCUT2D eigenvalue weighted by Crippen LogP contribution is -2.16. The zero-order chi connectivity index (χ0) is 16.0. The standard InChI is InChI=1S/C13H15ClO5S2/c1-3-8-6-10(13(4-5-13)20(16)17)11(21(2,18)19)7-9(8)12(14)15/h6-7,20H,3-5H2,1-2H3. The fraction of sp³-hybridized carbons (Fsp3) is 0.462. The Morgan fingerprint density at radius 2 is 1.90 bits per heavy atom. The normalized spacial score (nSPS) is 17.0. The van der Waals surface area contributed by atoms with E-state index in [4.69, 9.17) is 11.6 Å². The summed E-state index contributed by atoms with van der Waals surface area (Å²) in [6.07, 6.45) is 2.24. The molecular weight excluding hydrogens is 336 g/mol. The molecule has 1 aliphatic carbocycles. The van der Waals surface area contributed by atoms with E-state index < -0.39 is 30.5 Å². The van der Waals surface area contributed by atoms with Crippen molar-refractivity contribution in [1.29, 1.82) is 0 Å². The number of rotatable bonds is 5. The van der Waals surface area contributed by atoms with Gasteiger partial charge in [-0.25, -0.2) is 16.8 Å². The van der Waals surface area contributed by atoms with Gasteiger partial charge in [0.1, 0.15) is 10.7 Å². The molecule has 0 bridgehead atoms. The van der Waals surface area contributed by atoms with Crippen molar-refractivity contribution in [1.82, 2.24) is 0 Å². The molecule has 0 amide bonds. The molecule has 1 fully saturated rings. The fourth-order valence-corrected chi connectivity index (χ4v) is 4.54. The number of sulfone groups is 1. The minimum absolute atomic E-state index is 0.111. The Labute approximate surface area is 130 Å². The van der Waals surface area contributed by atoms with Crippen LogP contribution in [0.15, 0.2) is 17.0 Å². The average molecular weight is 351 g/mol. The molecule has 0 saturated heterocycles. The highest BCUT2D eigenvalue weighted by Crippen LogP contribution is 2.51. The zero-order valence-corrected chi connectivity index (χ0v) is 14.0. The van der Waals surface area contributed by atoms with Crippen molar-refractivity contribution in [2.24, 2.45) is 0 Å². The predicted octanol–water partition coefficient (Wildman–Crippen LogP) is 1.63. The molecule has 0 spiro atoms. The highest BCUT2D eigenvalue weighted by molar-refractivity contribution is 7.90. The van der Waals surface area contributed by atoms with Crippen LogP contribution in [-0.2, 0) is 31.7 Å². The molecule has 2 rings (SSSR count). The van der Waals surface area contributed by atoms with Crippen LogP contribution in [0.5, 0.6) is 0 Å². The lowest BCUT2D eigenvalue weighted by Gasteiger charge is -2.16. The summed E-state index contributed by atoms with van der Waals surface area (Å²) >= 11 is 5.50. The van der Waals surface area contributed by atoms with Gasteiger partial charge in [-0.15, -0.1) is 0 Å². The molecule has 0 radical (unpaired) electrons. The monoisotopic (exact) mass is 350 g/mol. The van der Waals surface area contributed by atoms with E-state index >= 15 is 0 Å². The van der Waals surface area contributed by atoms with Crippen LogP contribution in [0.2, 0.25) is 0 Å². The highest BCUT2D eigenvalue weighted by atomic mass is 35.5. The van der Waals surface area contributed by atoms with Crippen LogP contribution in [0.1, 0.15) is 41.3 Å². The van der Waals surface area contributed by atoms with Gasteiger partial charge in [0.05, 0.1) is 9.64 Å². The molecular formula is C13H15ClO5S2. The molecule has 0 unspecified atom stereocenters. The van der Waals surface area contributed by atoms with E-state index in [1.807, 2.05) is 0 Å². The molecule has 1 aromatic carbocycles. The van der Waals surface area contributed by atoms with Crippen molar-refractivity contribution in [3.05, 3.63) is 28.8 Å². The second-order valence-electron chi connectivity index (χ2n) is 5.19. The minimum Gasteiger partial charge on any atom is -0.276 e. The minimum atomic E-state index is -3.67. The summed E-state index contributed by atoms with van der Waals surface area (Å²) in [6.45, 7) is 1.79. The lowest BCUT2D eigenvalue weighted by molar-refractivity contribution is 0.108. The van der Waals surface area contributed by atoms with Crippen LogP contribution in [0.3, 0.4) is 0 Å². The Balaban J connectivity index is 2.84. The van der Waals surface area contributed by atoms with Gasteiger partial charge in [-0.3, -0.25) is 4.79 Å². The van der Waals surface area contributed by atoms with Gasteiger partial charge in [-0.05, 0) is 48.1 Å². The van der Waals surface area contributed by atoms with E-state index in [1.54, 1.807) is 6.92 Å². The average Bonchev–Trinajstić information content (AvgIpc) is 3.17. The molecule has 0 aliphatic heterocycles. The third kappa shape index (κ3) is 2.86. The van der Waals surface area contributed by atoms with Crippen molar-refractivity contribution in [2.45, 2.75) is 35.8 Å². The lowest BCUT2D eigenvalue weighted by atomic mass is 10.00. The largest absolute Gasteiger partial charge is 0.276 e. The maximum Gasteiger partial charge on any atom is 0.252 e. The smallest absolute Gasteiger partial charge is 0.252 e. The van der Waals surface area contributed by atoms with Crippen LogP contribution in [0.25, 0.3) is 0 Å². The third-order valence-electron chi connectivity index (χ3n) is 3.77. The Bertz CT molecular complexity index is 781. The quantitative estimate of drug-likeness (QED) is 0.644. The molecule has 1 saturated carbocycles. The van der Waals surface area contributed by atoms with Crippen molar-refractivity contribution in [2.75, 3.05) is 6.26 Å².